The van der Waals surface area contributed by atoms with Crippen molar-refractivity contribution < 1.29 is 0 Å². The van der Waals surface area contributed by atoms with Crippen molar-refractivity contribution in [2.45, 2.75) is 59.2 Å². The second-order valence-electron chi connectivity index (χ2n) is 4.14. The molecule has 15 heavy (non-hydrogen) atoms. The van der Waals surface area contributed by atoms with Crippen molar-refractivity contribution in [1.82, 2.24) is 20.1 Å². The smallest absolute Gasteiger partial charge is 0.147 e. The standard InChI is InChI=1S/C11H22N4/c1-5-10(6-2)12-7-11-14-13-8-15(11)9(3)4/h8-10,12H,5-7H2,1-4H3. The Morgan fingerprint density at radius 3 is 2.53 bits per heavy atom. The molecule has 0 aliphatic heterocycles. The van der Waals surface area contributed by atoms with Gasteiger partial charge < -0.3 is 9.88 Å². The summed E-state index contributed by atoms with van der Waals surface area (Å²) < 4.78 is 2.11. The van der Waals surface area contributed by atoms with Gasteiger partial charge in [0.15, 0.2) is 0 Å². The van der Waals surface area contributed by atoms with Crippen molar-refractivity contribution in [2.24, 2.45) is 0 Å². The van der Waals surface area contributed by atoms with Crippen LogP contribution in [0.1, 0.15) is 52.4 Å². The number of aromatic nitrogens is 3. The maximum Gasteiger partial charge on any atom is 0.147 e. The highest BCUT2D eigenvalue weighted by Crippen LogP contribution is 2.07. The molecule has 1 aromatic rings. The van der Waals surface area contributed by atoms with Crippen LogP contribution in [0.3, 0.4) is 0 Å². The van der Waals surface area contributed by atoms with Gasteiger partial charge in [0.2, 0.25) is 0 Å². The normalized spacial score (nSPS) is 11.6. The minimum Gasteiger partial charge on any atom is -0.314 e. The van der Waals surface area contributed by atoms with Gasteiger partial charge in [-0.1, -0.05) is 13.8 Å². The molecule has 1 aromatic heterocycles. The molecule has 1 rings (SSSR count). The fourth-order valence-corrected chi connectivity index (χ4v) is 1.64. The lowest BCUT2D eigenvalue weighted by Gasteiger charge is -2.15. The molecule has 4 heteroatoms. The second-order valence-corrected chi connectivity index (χ2v) is 4.14. The van der Waals surface area contributed by atoms with E-state index < -0.39 is 0 Å². The molecule has 4 nitrogen and oxygen atoms in total. The maximum absolute atomic E-state index is 4.13. The van der Waals surface area contributed by atoms with Crippen molar-refractivity contribution in [2.75, 3.05) is 0 Å². The van der Waals surface area contributed by atoms with Gasteiger partial charge in [0.1, 0.15) is 12.2 Å². The Kier molecular flexibility index (Phi) is 4.75. The number of nitrogens with zero attached hydrogens (tertiary/aromatic N) is 3. The molecule has 0 aromatic carbocycles. The molecule has 0 amide bonds. The van der Waals surface area contributed by atoms with Crippen LogP contribution in [0, 0.1) is 0 Å². The zero-order valence-corrected chi connectivity index (χ0v) is 10.2. The van der Waals surface area contributed by atoms with Gasteiger partial charge in [-0.15, -0.1) is 10.2 Å². The molecule has 0 radical (unpaired) electrons. The molecule has 0 bridgehead atoms. The van der Waals surface area contributed by atoms with Gasteiger partial charge in [-0.25, -0.2) is 0 Å². The van der Waals surface area contributed by atoms with Crippen molar-refractivity contribution in [1.29, 1.82) is 0 Å². The first-order valence-electron chi connectivity index (χ1n) is 5.80. The Labute approximate surface area is 92.1 Å². The molecular weight excluding hydrogens is 188 g/mol. The van der Waals surface area contributed by atoms with Gasteiger partial charge in [0, 0.05) is 12.1 Å². The van der Waals surface area contributed by atoms with Crippen LogP contribution < -0.4 is 5.32 Å². The van der Waals surface area contributed by atoms with Crippen LogP contribution in [-0.4, -0.2) is 20.8 Å². The van der Waals surface area contributed by atoms with Crippen LogP contribution in [0.15, 0.2) is 6.33 Å². The minimum absolute atomic E-state index is 0.429. The molecule has 86 valence electrons. The Hall–Kier alpha value is -0.900. The van der Waals surface area contributed by atoms with Crippen molar-refractivity contribution in [3.8, 4) is 0 Å². The van der Waals surface area contributed by atoms with Gasteiger partial charge in [-0.2, -0.15) is 0 Å². The van der Waals surface area contributed by atoms with E-state index in [0.29, 0.717) is 12.1 Å². The van der Waals surface area contributed by atoms with Crippen molar-refractivity contribution >= 4 is 0 Å². The minimum atomic E-state index is 0.429. The number of nitrogens with one attached hydrogen (secondary N) is 1. The highest BCUT2D eigenvalue weighted by molar-refractivity contribution is 4.88. The third kappa shape index (κ3) is 3.30. The predicted octanol–water partition coefficient (Wildman–Crippen LogP) is 2.14. The van der Waals surface area contributed by atoms with Gasteiger partial charge in [0.05, 0.1) is 6.54 Å². The molecule has 0 atom stereocenters. The summed E-state index contributed by atoms with van der Waals surface area (Å²) in [6.45, 7) is 9.50. The van der Waals surface area contributed by atoms with Crippen molar-refractivity contribution in [3.05, 3.63) is 12.2 Å². The third-order valence-corrected chi connectivity index (χ3v) is 2.74. The molecule has 0 saturated carbocycles. The zero-order valence-electron chi connectivity index (χ0n) is 10.2. The summed E-state index contributed by atoms with van der Waals surface area (Å²) in [5.74, 6) is 1.02. The van der Waals surface area contributed by atoms with E-state index in [1.165, 1.54) is 0 Å². The molecule has 0 unspecified atom stereocenters. The van der Waals surface area contributed by atoms with Gasteiger partial charge >= 0.3 is 0 Å². The van der Waals surface area contributed by atoms with Crippen LogP contribution in [0.5, 0.6) is 0 Å². The lowest BCUT2D eigenvalue weighted by molar-refractivity contribution is 0.458. The maximum atomic E-state index is 4.13. The molecule has 0 spiro atoms. The van der Waals surface area contributed by atoms with E-state index in [1.54, 1.807) is 6.33 Å². The molecule has 0 saturated heterocycles. The first-order valence-corrected chi connectivity index (χ1v) is 5.80. The van der Waals surface area contributed by atoms with E-state index in [1.807, 2.05) is 0 Å². The van der Waals surface area contributed by atoms with E-state index in [4.69, 9.17) is 0 Å². The molecule has 1 N–H and O–H groups in total. The highest BCUT2D eigenvalue weighted by atomic mass is 15.3. The summed E-state index contributed by atoms with van der Waals surface area (Å²) in [6, 6.07) is 1.01. The molecule has 1 heterocycles. The Morgan fingerprint density at radius 2 is 2.00 bits per heavy atom. The largest absolute Gasteiger partial charge is 0.314 e. The topological polar surface area (TPSA) is 42.7 Å². The lowest BCUT2D eigenvalue weighted by Crippen LogP contribution is -2.28. The second kappa shape index (κ2) is 5.85. The fraction of sp³-hybridized carbons (Fsp3) is 0.818. The average molecular weight is 210 g/mol. The summed E-state index contributed by atoms with van der Waals surface area (Å²) in [6.07, 6.45) is 4.12. The highest BCUT2D eigenvalue weighted by Gasteiger charge is 2.08. The van der Waals surface area contributed by atoms with Gasteiger partial charge in [-0.05, 0) is 26.7 Å². The predicted molar refractivity (Wildman–Crippen MR) is 61.6 cm³/mol. The van der Waals surface area contributed by atoms with E-state index in [-0.39, 0.29) is 0 Å². The third-order valence-electron chi connectivity index (χ3n) is 2.74. The summed E-state index contributed by atoms with van der Waals surface area (Å²) in [5, 5.41) is 11.6. The fourth-order valence-electron chi connectivity index (χ4n) is 1.64. The van der Waals surface area contributed by atoms with Gasteiger partial charge in [-0.3, -0.25) is 0 Å². The van der Waals surface area contributed by atoms with E-state index in [9.17, 15) is 0 Å². The van der Waals surface area contributed by atoms with Gasteiger partial charge in [0.25, 0.3) is 0 Å². The van der Waals surface area contributed by atoms with Crippen LogP contribution in [0.4, 0.5) is 0 Å². The Morgan fingerprint density at radius 1 is 1.33 bits per heavy atom. The van der Waals surface area contributed by atoms with Crippen LogP contribution >= 0.6 is 0 Å². The van der Waals surface area contributed by atoms with Crippen molar-refractivity contribution in [3.63, 3.8) is 0 Å². The molecule has 0 aliphatic carbocycles. The summed E-state index contributed by atoms with van der Waals surface area (Å²) in [4.78, 5) is 0. The zero-order chi connectivity index (χ0) is 11.3. The monoisotopic (exact) mass is 210 g/mol. The SMILES string of the molecule is CCC(CC)NCc1nncn1C(C)C. The van der Waals surface area contributed by atoms with E-state index >= 15 is 0 Å². The molecule has 0 fully saturated rings. The summed E-state index contributed by atoms with van der Waals surface area (Å²) in [7, 11) is 0. The number of hydrogen-bond donors (Lipinski definition) is 1. The summed E-state index contributed by atoms with van der Waals surface area (Å²) in [5.41, 5.74) is 0. The number of hydrogen-bond acceptors (Lipinski definition) is 3. The first kappa shape index (κ1) is 12.2. The average Bonchev–Trinajstić information content (AvgIpc) is 2.67. The number of rotatable bonds is 6. The lowest BCUT2D eigenvalue weighted by atomic mass is 10.2. The summed E-state index contributed by atoms with van der Waals surface area (Å²) >= 11 is 0. The Bertz CT molecular complexity index is 276. The molecular formula is C11H22N4. The van der Waals surface area contributed by atoms with E-state index in [0.717, 1.165) is 25.2 Å². The quantitative estimate of drug-likeness (QED) is 0.782. The van der Waals surface area contributed by atoms with Crippen LogP contribution in [0.25, 0.3) is 0 Å². The van der Waals surface area contributed by atoms with Crippen LogP contribution in [0.2, 0.25) is 0 Å². The molecule has 0 aliphatic rings. The first-order chi connectivity index (χ1) is 7.19. The Balaban J connectivity index is 2.53. The van der Waals surface area contributed by atoms with E-state index in [2.05, 4.69) is 47.8 Å². The van der Waals surface area contributed by atoms with Crippen LogP contribution in [-0.2, 0) is 6.54 Å².